The summed E-state index contributed by atoms with van der Waals surface area (Å²) in [6.45, 7) is 6.37. The van der Waals surface area contributed by atoms with Crippen molar-refractivity contribution < 1.29 is 0 Å². The van der Waals surface area contributed by atoms with Gasteiger partial charge in [-0.15, -0.1) is 35.3 Å². The Hall–Kier alpha value is -0.0200. The van der Waals surface area contributed by atoms with Gasteiger partial charge in [0.25, 0.3) is 0 Å². The van der Waals surface area contributed by atoms with Gasteiger partial charge in [0.1, 0.15) is 0 Å². The first-order valence-corrected chi connectivity index (χ1v) is 9.47. The molecule has 1 saturated heterocycles. The maximum atomic E-state index is 4.44. The summed E-state index contributed by atoms with van der Waals surface area (Å²) in [4.78, 5) is 10.1. The Morgan fingerprint density at radius 3 is 2.86 bits per heavy atom. The van der Waals surface area contributed by atoms with Crippen LogP contribution in [-0.4, -0.2) is 41.6 Å². The first-order valence-electron chi connectivity index (χ1n) is 7.67. The molecule has 0 spiro atoms. The zero-order chi connectivity index (χ0) is 15.1. The number of guanidine groups is 1. The number of rotatable bonds is 6. The van der Waals surface area contributed by atoms with Gasteiger partial charge in [0, 0.05) is 42.4 Å². The summed E-state index contributed by atoms with van der Waals surface area (Å²) in [5, 5.41) is 8.04. The standard InChI is InChI=1S/C15H26N4S2.HI/c1-4-12-10-18-13(21-12)6-8-17-14(16-3)19-11-15(2)7-5-9-20-15;/h10H,4-9,11H2,1-3H3,(H2,16,17,19);1H. The number of halogens is 1. The lowest BCUT2D eigenvalue weighted by molar-refractivity contribution is 0.584. The number of aromatic nitrogens is 1. The minimum atomic E-state index is 0. The first kappa shape index (κ1) is 20.0. The summed E-state index contributed by atoms with van der Waals surface area (Å²) in [6, 6.07) is 0. The van der Waals surface area contributed by atoms with E-state index >= 15 is 0 Å². The Bertz CT molecular complexity index is 470. The van der Waals surface area contributed by atoms with Crippen molar-refractivity contribution in [3.05, 3.63) is 16.1 Å². The van der Waals surface area contributed by atoms with Crippen molar-refractivity contribution >= 4 is 53.0 Å². The van der Waals surface area contributed by atoms with Crippen LogP contribution in [0.25, 0.3) is 0 Å². The highest BCUT2D eigenvalue weighted by atomic mass is 127. The lowest BCUT2D eigenvalue weighted by atomic mass is 10.1. The van der Waals surface area contributed by atoms with E-state index in [0.29, 0.717) is 4.75 Å². The van der Waals surface area contributed by atoms with Gasteiger partial charge < -0.3 is 10.6 Å². The second kappa shape index (κ2) is 9.97. The van der Waals surface area contributed by atoms with Gasteiger partial charge in [-0.25, -0.2) is 4.98 Å². The summed E-state index contributed by atoms with van der Waals surface area (Å²) >= 11 is 3.88. The molecule has 0 aliphatic carbocycles. The van der Waals surface area contributed by atoms with Gasteiger partial charge in [0.05, 0.1) is 5.01 Å². The molecule has 2 rings (SSSR count). The molecule has 1 fully saturated rings. The summed E-state index contributed by atoms with van der Waals surface area (Å²) in [5.74, 6) is 2.18. The van der Waals surface area contributed by atoms with Crippen LogP contribution in [0, 0.1) is 0 Å². The molecular weight excluding hydrogens is 427 g/mol. The normalized spacial score (nSPS) is 21.5. The quantitative estimate of drug-likeness (QED) is 0.394. The lowest BCUT2D eigenvalue weighted by Gasteiger charge is -2.24. The fourth-order valence-corrected chi connectivity index (χ4v) is 4.49. The SMILES string of the molecule is CCc1cnc(CCNC(=NC)NCC2(C)CCCS2)s1.I. The molecule has 1 atom stereocenters. The van der Waals surface area contributed by atoms with Gasteiger partial charge in [-0.2, -0.15) is 11.8 Å². The van der Waals surface area contributed by atoms with Crippen LogP contribution < -0.4 is 10.6 Å². The van der Waals surface area contributed by atoms with Crippen LogP contribution in [0.5, 0.6) is 0 Å². The highest BCUT2D eigenvalue weighted by Gasteiger charge is 2.29. The monoisotopic (exact) mass is 454 g/mol. The van der Waals surface area contributed by atoms with Crippen LogP contribution >= 0.6 is 47.1 Å². The third-order valence-corrected chi connectivity index (χ3v) is 6.47. The largest absolute Gasteiger partial charge is 0.356 e. The van der Waals surface area contributed by atoms with Crippen LogP contribution in [0.2, 0.25) is 0 Å². The molecule has 1 aromatic heterocycles. The van der Waals surface area contributed by atoms with Gasteiger partial charge >= 0.3 is 0 Å². The maximum absolute atomic E-state index is 4.44. The molecule has 22 heavy (non-hydrogen) atoms. The van der Waals surface area contributed by atoms with Crippen LogP contribution in [0.3, 0.4) is 0 Å². The van der Waals surface area contributed by atoms with Crippen molar-refractivity contribution in [3.8, 4) is 0 Å². The molecule has 1 aliphatic rings. The Balaban J connectivity index is 0.00000242. The smallest absolute Gasteiger partial charge is 0.191 e. The van der Waals surface area contributed by atoms with Crippen molar-refractivity contribution in [2.75, 3.05) is 25.9 Å². The summed E-state index contributed by atoms with van der Waals surface area (Å²) in [7, 11) is 1.83. The molecule has 0 saturated carbocycles. The number of aryl methyl sites for hydroxylation is 1. The van der Waals surface area contributed by atoms with Gasteiger partial charge in [0.2, 0.25) is 0 Å². The third-order valence-electron chi connectivity index (χ3n) is 3.74. The van der Waals surface area contributed by atoms with Crippen molar-refractivity contribution in [3.63, 3.8) is 0 Å². The molecule has 0 amide bonds. The molecule has 1 aromatic rings. The predicted octanol–water partition coefficient (Wildman–Crippen LogP) is 3.32. The number of hydrogen-bond acceptors (Lipinski definition) is 4. The number of nitrogens with zero attached hydrogens (tertiary/aromatic N) is 2. The molecule has 0 radical (unpaired) electrons. The van der Waals surface area contributed by atoms with E-state index in [1.165, 1.54) is 28.5 Å². The molecule has 2 N–H and O–H groups in total. The van der Waals surface area contributed by atoms with Crippen molar-refractivity contribution in [1.82, 2.24) is 15.6 Å². The summed E-state index contributed by atoms with van der Waals surface area (Å²) in [6.07, 6.45) is 6.65. The van der Waals surface area contributed by atoms with Gasteiger partial charge in [-0.3, -0.25) is 4.99 Å². The maximum Gasteiger partial charge on any atom is 0.191 e. The van der Waals surface area contributed by atoms with Crippen molar-refractivity contribution in [2.24, 2.45) is 4.99 Å². The van der Waals surface area contributed by atoms with Crippen molar-refractivity contribution in [2.45, 2.75) is 44.3 Å². The highest BCUT2D eigenvalue weighted by Crippen LogP contribution is 2.36. The Kier molecular flexibility index (Phi) is 9.08. The fraction of sp³-hybridized carbons (Fsp3) is 0.733. The van der Waals surface area contributed by atoms with E-state index < -0.39 is 0 Å². The van der Waals surface area contributed by atoms with Crippen LogP contribution in [0.1, 0.15) is 36.6 Å². The molecule has 1 aliphatic heterocycles. The topological polar surface area (TPSA) is 49.3 Å². The van der Waals surface area contributed by atoms with E-state index in [9.17, 15) is 0 Å². The molecule has 126 valence electrons. The van der Waals surface area contributed by atoms with E-state index in [4.69, 9.17) is 0 Å². The van der Waals surface area contributed by atoms with Crippen LogP contribution in [0.15, 0.2) is 11.2 Å². The van der Waals surface area contributed by atoms with Crippen molar-refractivity contribution in [1.29, 1.82) is 0 Å². The number of hydrogen-bond donors (Lipinski definition) is 2. The Morgan fingerprint density at radius 2 is 2.27 bits per heavy atom. The Morgan fingerprint density at radius 1 is 1.45 bits per heavy atom. The zero-order valence-electron chi connectivity index (χ0n) is 13.6. The van der Waals surface area contributed by atoms with E-state index in [2.05, 4.69) is 46.2 Å². The molecule has 0 aromatic carbocycles. The van der Waals surface area contributed by atoms with Gasteiger partial charge in [-0.1, -0.05) is 6.92 Å². The number of thiazole rings is 1. The number of thioether (sulfide) groups is 1. The second-order valence-electron chi connectivity index (χ2n) is 5.58. The molecule has 0 bridgehead atoms. The van der Waals surface area contributed by atoms with Crippen LogP contribution in [0.4, 0.5) is 0 Å². The third kappa shape index (κ3) is 6.23. The number of aliphatic imine (C=N–C) groups is 1. The summed E-state index contributed by atoms with van der Waals surface area (Å²) in [5.41, 5.74) is 0. The minimum absolute atomic E-state index is 0. The zero-order valence-corrected chi connectivity index (χ0v) is 17.6. The molecule has 2 heterocycles. The first-order chi connectivity index (χ1) is 10.1. The van der Waals surface area contributed by atoms with Gasteiger partial charge in [0.15, 0.2) is 5.96 Å². The average Bonchev–Trinajstić information content (AvgIpc) is 3.12. The average molecular weight is 454 g/mol. The van der Waals surface area contributed by atoms with E-state index in [1.54, 1.807) is 0 Å². The van der Waals surface area contributed by atoms with Crippen LogP contribution in [-0.2, 0) is 12.8 Å². The van der Waals surface area contributed by atoms with E-state index in [1.807, 2.05) is 24.6 Å². The fourth-order valence-electron chi connectivity index (χ4n) is 2.38. The second-order valence-corrected chi connectivity index (χ2v) is 8.46. The minimum Gasteiger partial charge on any atom is -0.356 e. The predicted molar refractivity (Wildman–Crippen MR) is 110 cm³/mol. The summed E-state index contributed by atoms with van der Waals surface area (Å²) < 4.78 is 0.364. The molecular formula is C15H27IN4S2. The number of nitrogens with one attached hydrogen (secondary N) is 2. The highest BCUT2D eigenvalue weighted by molar-refractivity contribution is 14.0. The van der Waals surface area contributed by atoms with E-state index in [-0.39, 0.29) is 24.0 Å². The van der Waals surface area contributed by atoms with Gasteiger partial charge in [-0.05, 0) is 31.9 Å². The molecule has 7 heteroatoms. The Labute approximate surface area is 159 Å². The van der Waals surface area contributed by atoms with E-state index in [0.717, 1.165) is 31.9 Å². The lowest BCUT2D eigenvalue weighted by Crippen LogP contribution is -2.44. The molecule has 4 nitrogen and oxygen atoms in total. The molecule has 1 unspecified atom stereocenters.